The molecule has 2 atom stereocenters. The van der Waals surface area contributed by atoms with E-state index in [4.69, 9.17) is 27.7 Å². The fourth-order valence-corrected chi connectivity index (χ4v) is 2.95. The number of rotatable bonds is 5. The van der Waals surface area contributed by atoms with Crippen molar-refractivity contribution in [3.63, 3.8) is 0 Å². The van der Waals surface area contributed by atoms with E-state index in [1.165, 1.54) is 0 Å². The highest BCUT2D eigenvalue weighted by molar-refractivity contribution is 6.35. The minimum absolute atomic E-state index is 0.144. The molecule has 0 aliphatic carbocycles. The second-order valence-electron chi connectivity index (χ2n) is 5.46. The van der Waals surface area contributed by atoms with Gasteiger partial charge in [0.2, 0.25) is 11.7 Å². The van der Waals surface area contributed by atoms with Crippen LogP contribution in [-0.2, 0) is 0 Å². The Morgan fingerprint density at radius 2 is 1.71 bits per heavy atom. The maximum Gasteiger partial charge on any atom is 0.231 e. The molecule has 0 bridgehead atoms. The molecule has 1 heterocycles. The molecular weight excluding hydrogens is 309 g/mol. The van der Waals surface area contributed by atoms with Gasteiger partial charge in [0.05, 0.1) is 5.92 Å². The minimum atomic E-state index is 0.144. The first-order chi connectivity index (χ1) is 9.92. The summed E-state index contributed by atoms with van der Waals surface area (Å²) in [5, 5.41) is 8.40. The van der Waals surface area contributed by atoms with Crippen molar-refractivity contribution in [2.24, 2.45) is 5.92 Å². The number of nitrogens with zero attached hydrogens (tertiary/aromatic N) is 2. The Bertz CT molecular complexity index is 592. The fraction of sp³-hybridized carbons (Fsp3) is 0.467. The van der Waals surface area contributed by atoms with Crippen molar-refractivity contribution in [2.75, 3.05) is 7.05 Å². The van der Waals surface area contributed by atoms with Gasteiger partial charge >= 0.3 is 0 Å². The van der Waals surface area contributed by atoms with E-state index in [9.17, 15) is 0 Å². The van der Waals surface area contributed by atoms with Crippen molar-refractivity contribution < 1.29 is 4.52 Å². The summed E-state index contributed by atoms with van der Waals surface area (Å²) in [6.45, 7) is 6.38. The zero-order valence-corrected chi connectivity index (χ0v) is 14.0. The number of hydrogen-bond donors (Lipinski definition) is 1. The standard InChI is InChI=1S/C15H19Cl2N3O/c1-8(2)13(9(3)18-4)15-19-14(20-21-15)10-5-11(16)7-12(17)6-10/h5-9,13,18H,1-4H3. The molecule has 0 aliphatic rings. The maximum atomic E-state index is 6.01. The quantitative estimate of drug-likeness (QED) is 0.884. The molecule has 2 aromatic rings. The van der Waals surface area contributed by atoms with Crippen LogP contribution in [0.1, 0.15) is 32.6 Å². The first-order valence-corrected chi connectivity index (χ1v) is 7.65. The lowest BCUT2D eigenvalue weighted by atomic mass is 9.89. The maximum absolute atomic E-state index is 6.01. The zero-order valence-electron chi connectivity index (χ0n) is 12.5. The number of hydrogen-bond acceptors (Lipinski definition) is 4. The monoisotopic (exact) mass is 327 g/mol. The van der Waals surface area contributed by atoms with E-state index in [0.29, 0.717) is 27.7 Å². The number of aromatic nitrogens is 2. The highest BCUT2D eigenvalue weighted by Gasteiger charge is 2.27. The molecule has 1 aromatic heterocycles. The van der Waals surface area contributed by atoms with Crippen LogP contribution in [0.3, 0.4) is 0 Å². The molecule has 4 nitrogen and oxygen atoms in total. The summed E-state index contributed by atoms with van der Waals surface area (Å²) in [6, 6.07) is 5.46. The fourth-order valence-electron chi connectivity index (χ4n) is 2.43. The van der Waals surface area contributed by atoms with E-state index < -0.39 is 0 Å². The van der Waals surface area contributed by atoms with Crippen molar-refractivity contribution >= 4 is 23.2 Å². The van der Waals surface area contributed by atoms with Crippen molar-refractivity contribution in [3.8, 4) is 11.4 Å². The Morgan fingerprint density at radius 3 is 2.24 bits per heavy atom. The van der Waals surface area contributed by atoms with Gasteiger partial charge in [-0.2, -0.15) is 4.98 Å². The molecule has 0 amide bonds. The molecule has 0 saturated carbocycles. The lowest BCUT2D eigenvalue weighted by Crippen LogP contribution is -2.32. The minimum Gasteiger partial charge on any atom is -0.339 e. The second-order valence-corrected chi connectivity index (χ2v) is 6.33. The molecule has 1 N–H and O–H groups in total. The summed E-state index contributed by atoms with van der Waals surface area (Å²) in [5.41, 5.74) is 0.752. The lowest BCUT2D eigenvalue weighted by molar-refractivity contribution is 0.286. The molecule has 0 saturated heterocycles. The van der Waals surface area contributed by atoms with E-state index in [1.54, 1.807) is 18.2 Å². The van der Waals surface area contributed by atoms with Gasteiger partial charge in [-0.1, -0.05) is 42.2 Å². The molecule has 21 heavy (non-hydrogen) atoms. The van der Waals surface area contributed by atoms with Gasteiger partial charge in [-0.3, -0.25) is 0 Å². The van der Waals surface area contributed by atoms with Crippen LogP contribution in [0, 0.1) is 5.92 Å². The van der Waals surface area contributed by atoms with Crippen LogP contribution in [0.15, 0.2) is 22.7 Å². The highest BCUT2D eigenvalue weighted by atomic mass is 35.5. The first-order valence-electron chi connectivity index (χ1n) is 6.89. The van der Waals surface area contributed by atoms with Gasteiger partial charge in [0, 0.05) is 21.7 Å². The predicted octanol–water partition coefficient (Wildman–Crippen LogP) is 4.39. The summed E-state index contributed by atoms with van der Waals surface area (Å²) < 4.78 is 5.46. The third-order valence-electron chi connectivity index (χ3n) is 3.56. The summed E-state index contributed by atoms with van der Waals surface area (Å²) in [7, 11) is 1.92. The molecule has 0 fully saturated rings. The van der Waals surface area contributed by atoms with Crippen LogP contribution in [0.2, 0.25) is 10.0 Å². The number of halogens is 2. The van der Waals surface area contributed by atoms with Gasteiger partial charge in [-0.05, 0) is 38.1 Å². The van der Waals surface area contributed by atoms with Crippen molar-refractivity contribution in [2.45, 2.75) is 32.7 Å². The third-order valence-corrected chi connectivity index (χ3v) is 4.00. The molecule has 0 radical (unpaired) electrons. The largest absolute Gasteiger partial charge is 0.339 e. The van der Waals surface area contributed by atoms with Crippen LogP contribution in [0.25, 0.3) is 11.4 Å². The molecule has 114 valence electrons. The van der Waals surface area contributed by atoms with Crippen LogP contribution in [0.4, 0.5) is 0 Å². The molecule has 6 heteroatoms. The van der Waals surface area contributed by atoms with Gasteiger partial charge in [-0.15, -0.1) is 0 Å². The molecule has 2 unspecified atom stereocenters. The summed E-state index contributed by atoms with van der Waals surface area (Å²) in [5.74, 6) is 1.65. The topological polar surface area (TPSA) is 51.0 Å². The third kappa shape index (κ3) is 3.76. The summed E-state index contributed by atoms with van der Waals surface area (Å²) in [6.07, 6.45) is 0. The summed E-state index contributed by atoms with van der Waals surface area (Å²) in [4.78, 5) is 4.52. The van der Waals surface area contributed by atoms with Crippen LogP contribution >= 0.6 is 23.2 Å². The zero-order chi connectivity index (χ0) is 15.6. The smallest absolute Gasteiger partial charge is 0.231 e. The Morgan fingerprint density at radius 1 is 1.10 bits per heavy atom. The lowest BCUT2D eigenvalue weighted by Gasteiger charge is -2.23. The normalized spacial score (nSPS) is 14.4. The van der Waals surface area contributed by atoms with Crippen LogP contribution < -0.4 is 5.32 Å². The van der Waals surface area contributed by atoms with Crippen molar-refractivity contribution in [3.05, 3.63) is 34.1 Å². The van der Waals surface area contributed by atoms with Crippen LogP contribution in [0.5, 0.6) is 0 Å². The molecule has 2 rings (SSSR count). The summed E-state index contributed by atoms with van der Waals surface area (Å²) >= 11 is 12.0. The van der Waals surface area contributed by atoms with Crippen molar-refractivity contribution in [1.29, 1.82) is 0 Å². The average Bonchev–Trinajstić information content (AvgIpc) is 2.86. The number of nitrogens with one attached hydrogen (secondary N) is 1. The van der Waals surface area contributed by atoms with Crippen molar-refractivity contribution in [1.82, 2.24) is 15.5 Å². The van der Waals surface area contributed by atoms with E-state index in [0.717, 1.165) is 5.56 Å². The SMILES string of the molecule is CNC(C)C(c1nc(-c2cc(Cl)cc(Cl)c2)no1)C(C)C. The molecule has 1 aromatic carbocycles. The van der Waals surface area contributed by atoms with E-state index >= 15 is 0 Å². The Labute approximate surface area is 134 Å². The second kappa shape index (κ2) is 6.77. The van der Waals surface area contributed by atoms with Crippen LogP contribution in [-0.4, -0.2) is 23.2 Å². The van der Waals surface area contributed by atoms with Gasteiger partial charge in [0.1, 0.15) is 0 Å². The molecule has 0 aliphatic heterocycles. The highest BCUT2D eigenvalue weighted by Crippen LogP contribution is 2.30. The van der Waals surface area contributed by atoms with E-state index in [-0.39, 0.29) is 12.0 Å². The van der Waals surface area contributed by atoms with E-state index in [2.05, 4.69) is 36.2 Å². The van der Waals surface area contributed by atoms with Gasteiger partial charge in [-0.25, -0.2) is 0 Å². The Hall–Kier alpha value is -1.10. The Kier molecular flexibility index (Phi) is 5.25. The van der Waals surface area contributed by atoms with Gasteiger partial charge in [0.15, 0.2) is 0 Å². The Balaban J connectivity index is 2.36. The number of likely N-dealkylation sites (N-methyl/N-ethyl adjacent to an activating group) is 1. The average molecular weight is 328 g/mol. The number of benzene rings is 1. The van der Waals surface area contributed by atoms with Gasteiger partial charge in [0.25, 0.3) is 0 Å². The predicted molar refractivity (Wildman–Crippen MR) is 85.9 cm³/mol. The van der Waals surface area contributed by atoms with Gasteiger partial charge < -0.3 is 9.84 Å². The molecular formula is C15H19Cl2N3O. The molecule has 0 spiro atoms. The van der Waals surface area contributed by atoms with E-state index in [1.807, 2.05) is 7.05 Å². The first kappa shape index (κ1) is 16.3.